The van der Waals surface area contributed by atoms with E-state index in [1.165, 1.54) is 28.0 Å². The van der Waals surface area contributed by atoms with Crippen molar-refractivity contribution in [3.63, 3.8) is 0 Å². The molecule has 0 aromatic heterocycles. The van der Waals surface area contributed by atoms with Gasteiger partial charge in [0.15, 0.2) is 0 Å². The molecule has 2 atom stereocenters. The third kappa shape index (κ3) is 2.58. The largest absolute Gasteiger partial charge is 0.330 e. The fraction of sp³-hybridized carbons (Fsp3) is 0.500. The molecule has 2 N–H and O–H groups in total. The second-order valence-electron chi connectivity index (χ2n) is 3.99. The molecule has 1 aromatic rings. The van der Waals surface area contributed by atoms with Crippen LogP contribution in [0.1, 0.15) is 17.9 Å². The van der Waals surface area contributed by atoms with Gasteiger partial charge in [-0.05, 0) is 42.0 Å². The summed E-state index contributed by atoms with van der Waals surface area (Å²) in [7, 11) is 0. The first-order valence-electron chi connectivity index (χ1n) is 5.35. The number of halogens is 1. The van der Waals surface area contributed by atoms with Crippen LogP contribution in [0.5, 0.6) is 0 Å². The Balaban J connectivity index is 2.22. The molecule has 3 heteroatoms. The van der Waals surface area contributed by atoms with Crippen molar-refractivity contribution >= 4 is 27.7 Å². The lowest BCUT2D eigenvalue weighted by atomic mass is 9.86. The standard InChI is InChI=1S/C12H16BrNS/c13-12-4-2-1-3-10(12)11(7-14)9-5-6-15-8-9/h1-4,9,11H,5-8,14H2. The fourth-order valence-corrected chi connectivity index (χ4v) is 4.14. The number of hydrogen-bond donors (Lipinski definition) is 1. The van der Waals surface area contributed by atoms with Gasteiger partial charge in [0.1, 0.15) is 0 Å². The Morgan fingerprint density at radius 1 is 1.47 bits per heavy atom. The van der Waals surface area contributed by atoms with Crippen molar-refractivity contribution in [2.24, 2.45) is 11.7 Å². The van der Waals surface area contributed by atoms with E-state index >= 15 is 0 Å². The zero-order chi connectivity index (χ0) is 10.7. The maximum absolute atomic E-state index is 5.92. The highest BCUT2D eigenvalue weighted by atomic mass is 79.9. The van der Waals surface area contributed by atoms with Crippen molar-refractivity contribution in [1.29, 1.82) is 0 Å². The normalized spacial score (nSPS) is 22.9. The van der Waals surface area contributed by atoms with Gasteiger partial charge in [-0.2, -0.15) is 11.8 Å². The van der Waals surface area contributed by atoms with E-state index in [0.717, 1.165) is 12.5 Å². The number of hydrogen-bond acceptors (Lipinski definition) is 2. The summed E-state index contributed by atoms with van der Waals surface area (Å²) in [6.07, 6.45) is 1.31. The maximum atomic E-state index is 5.92. The highest BCUT2D eigenvalue weighted by Gasteiger charge is 2.26. The third-order valence-corrected chi connectivity index (χ3v) is 5.00. The van der Waals surface area contributed by atoms with Crippen LogP contribution in [0.3, 0.4) is 0 Å². The lowest BCUT2D eigenvalue weighted by Gasteiger charge is -2.22. The molecule has 0 amide bonds. The van der Waals surface area contributed by atoms with Crippen LogP contribution in [-0.2, 0) is 0 Å². The molecule has 1 nitrogen and oxygen atoms in total. The fourth-order valence-electron chi connectivity index (χ4n) is 2.22. The summed E-state index contributed by atoms with van der Waals surface area (Å²) in [5.74, 6) is 3.85. The molecule has 1 aromatic carbocycles. The molecule has 2 unspecified atom stereocenters. The van der Waals surface area contributed by atoms with E-state index in [1.54, 1.807) is 0 Å². The van der Waals surface area contributed by atoms with E-state index in [2.05, 4.69) is 52.0 Å². The van der Waals surface area contributed by atoms with Crippen molar-refractivity contribution < 1.29 is 0 Å². The molecule has 82 valence electrons. The average molecular weight is 286 g/mol. The van der Waals surface area contributed by atoms with Crippen LogP contribution in [-0.4, -0.2) is 18.1 Å². The molecule has 0 radical (unpaired) electrons. The van der Waals surface area contributed by atoms with Gasteiger partial charge < -0.3 is 5.73 Å². The molecule has 1 saturated heterocycles. The molecular formula is C12H16BrNS. The van der Waals surface area contributed by atoms with E-state index in [-0.39, 0.29) is 0 Å². The second kappa shape index (κ2) is 5.37. The second-order valence-corrected chi connectivity index (χ2v) is 5.99. The number of rotatable bonds is 3. The Morgan fingerprint density at radius 2 is 2.27 bits per heavy atom. The number of thioether (sulfide) groups is 1. The monoisotopic (exact) mass is 285 g/mol. The number of benzene rings is 1. The Bertz CT molecular complexity index is 323. The first-order valence-corrected chi connectivity index (χ1v) is 7.30. The summed E-state index contributed by atoms with van der Waals surface area (Å²) in [6, 6.07) is 8.47. The zero-order valence-electron chi connectivity index (χ0n) is 8.66. The smallest absolute Gasteiger partial charge is 0.0210 e. The molecule has 1 fully saturated rings. The molecule has 15 heavy (non-hydrogen) atoms. The van der Waals surface area contributed by atoms with Crippen LogP contribution in [0, 0.1) is 5.92 Å². The topological polar surface area (TPSA) is 26.0 Å². The zero-order valence-corrected chi connectivity index (χ0v) is 11.1. The van der Waals surface area contributed by atoms with E-state index in [1.807, 2.05) is 0 Å². The van der Waals surface area contributed by atoms with E-state index < -0.39 is 0 Å². The van der Waals surface area contributed by atoms with Gasteiger partial charge in [-0.25, -0.2) is 0 Å². The van der Waals surface area contributed by atoms with Crippen LogP contribution >= 0.6 is 27.7 Å². The van der Waals surface area contributed by atoms with Crippen molar-refractivity contribution in [3.05, 3.63) is 34.3 Å². The van der Waals surface area contributed by atoms with Gasteiger partial charge in [-0.1, -0.05) is 34.1 Å². The predicted octanol–water partition coefficient (Wildman–Crippen LogP) is 3.24. The van der Waals surface area contributed by atoms with Gasteiger partial charge in [-0.3, -0.25) is 0 Å². The van der Waals surface area contributed by atoms with Crippen LogP contribution in [0.15, 0.2) is 28.7 Å². The molecule has 0 saturated carbocycles. The van der Waals surface area contributed by atoms with Crippen LogP contribution < -0.4 is 5.73 Å². The van der Waals surface area contributed by atoms with Gasteiger partial charge in [-0.15, -0.1) is 0 Å². The van der Waals surface area contributed by atoms with Gasteiger partial charge >= 0.3 is 0 Å². The summed E-state index contributed by atoms with van der Waals surface area (Å²) in [5.41, 5.74) is 7.31. The van der Waals surface area contributed by atoms with Crippen molar-refractivity contribution in [2.45, 2.75) is 12.3 Å². The van der Waals surface area contributed by atoms with Crippen LogP contribution in [0.4, 0.5) is 0 Å². The molecule has 1 aliphatic rings. The highest BCUT2D eigenvalue weighted by molar-refractivity contribution is 9.10. The molecule has 1 heterocycles. The molecule has 1 aliphatic heterocycles. The Hall–Kier alpha value is 0.01000. The molecule has 0 aliphatic carbocycles. The Labute approximate surface area is 104 Å². The molecule has 0 bridgehead atoms. The first-order chi connectivity index (χ1) is 7.33. The Kier molecular flexibility index (Phi) is 4.12. The minimum absolute atomic E-state index is 0.524. The first kappa shape index (κ1) is 11.5. The van der Waals surface area contributed by atoms with Gasteiger partial charge in [0.05, 0.1) is 0 Å². The van der Waals surface area contributed by atoms with E-state index in [9.17, 15) is 0 Å². The maximum Gasteiger partial charge on any atom is 0.0210 e. The minimum atomic E-state index is 0.524. The lowest BCUT2D eigenvalue weighted by molar-refractivity contribution is 0.475. The molecule has 2 rings (SSSR count). The highest BCUT2D eigenvalue weighted by Crippen LogP contribution is 2.37. The van der Waals surface area contributed by atoms with Gasteiger partial charge in [0, 0.05) is 10.4 Å². The summed E-state index contributed by atoms with van der Waals surface area (Å²) < 4.78 is 1.21. The third-order valence-electron chi connectivity index (χ3n) is 3.09. The van der Waals surface area contributed by atoms with Crippen molar-refractivity contribution in [3.8, 4) is 0 Å². The summed E-state index contributed by atoms with van der Waals surface area (Å²) in [4.78, 5) is 0. The quantitative estimate of drug-likeness (QED) is 0.923. The van der Waals surface area contributed by atoms with Crippen LogP contribution in [0.2, 0.25) is 0 Å². The van der Waals surface area contributed by atoms with Crippen molar-refractivity contribution in [1.82, 2.24) is 0 Å². The Morgan fingerprint density at radius 3 is 2.87 bits per heavy atom. The van der Waals surface area contributed by atoms with Crippen molar-refractivity contribution in [2.75, 3.05) is 18.1 Å². The summed E-state index contributed by atoms with van der Waals surface area (Å²) in [6.45, 7) is 0.758. The summed E-state index contributed by atoms with van der Waals surface area (Å²) >= 11 is 5.68. The SMILES string of the molecule is NCC(c1ccccc1Br)C1CCSC1. The van der Waals surface area contributed by atoms with Crippen LogP contribution in [0.25, 0.3) is 0 Å². The lowest BCUT2D eigenvalue weighted by Crippen LogP contribution is -2.21. The molecular weight excluding hydrogens is 270 g/mol. The summed E-state index contributed by atoms with van der Waals surface area (Å²) in [5, 5.41) is 0. The van der Waals surface area contributed by atoms with E-state index in [4.69, 9.17) is 5.73 Å². The number of nitrogens with two attached hydrogens (primary N) is 1. The van der Waals surface area contributed by atoms with Gasteiger partial charge in [0.2, 0.25) is 0 Å². The average Bonchev–Trinajstić information content (AvgIpc) is 2.75. The molecule has 0 spiro atoms. The predicted molar refractivity (Wildman–Crippen MR) is 71.4 cm³/mol. The minimum Gasteiger partial charge on any atom is -0.330 e. The van der Waals surface area contributed by atoms with E-state index in [0.29, 0.717) is 5.92 Å². The van der Waals surface area contributed by atoms with Gasteiger partial charge in [0.25, 0.3) is 0 Å².